The van der Waals surface area contributed by atoms with Crippen molar-refractivity contribution >= 4 is 204 Å². The molecule has 0 aliphatic carbocycles. The maximum atomic E-state index is 12.5. The highest BCUT2D eigenvalue weighted by Gasteiger charge is 2.28. The Hall–Kier alpha value is -6.87. The van der Waals surface area contributed by atoms with Gasteiger partial charge in [-0.25, -0.2) is 19.2 Å². The zero-order chi connectivity index (χ0) is 73.8. The molecule has 0 bridgehead atoms. The number of likely N-dealkylation sites (N-methyl/N-ethyl adjacent to an activating group) is 1. The highest BCUT2D eigenvalue weighted by atomic mass is 79.9. The molecular weight excluding hydrogens is 1500 g/mol. The van der Waals surface area contributed by atoms with E-state index in [0.29, 0.717) is 129 Å². The Balaban J connectivity index is 0.000000241. The number of halogens is 4. The summed E-state index contributed by atoms with van der Waals surface area (Å²) in [4.78, 5) is 97.3. The molecule has 0 aliphatic rings. The number of benzene rings is 4. The minimum absolute atomic E-state index is 0.0402. The van der Waals surface area contributed by atoms with Gasteiger partial charge in [-0.05, 0) is 91.9 Å². The number of rotatable bonds is 31. The number of anilines is 4. The minimum atomic E-state index is -0.513. The van der Waals surface area contributed by atoms with Gasteiger partial charge in [0.15, 0.2) is 5.75 Å². The SMILES string of the molecule is C=CCNCc1ccc2c(C(=O)OCC)c(NC(C)=O)sc2c1Cl.CCOC(=O)c1c(NC(C)=O)sc2c(Cl)c(CNCCO)ccc12.CCOC(=O)c1c(NC(C)=O)sc2c(OCCN(CC)CC)c(Br)ccc12.COC(=O)c1c(NC(C)=O)sc2c(Cl)c(CNCCCCO)ccc12. The Labute approximate surface area is 620 Å². The van der Waals surface area contributed by atoms with Crippen molar-refractivity contribution in [1.29, 1.82) is 0 Å². The van der Waals surface area contributed by atoms with E-state index in [1.165, 1.54) is 80.2 Å². The molecule has 0 aliphatic heterocycles. The average Bonchev–Trinajstić information content (AvgIpc) is 1.65. The number of aliphatic hydroxyl groups is 2. The van der Waals surface area contributed by atoms with Crippen molar-refractivity contribution in [3.8, 4) is 5.75 Å². The average molecular weight is 1580 g/mol. The van der Waals surface area contributed by atoms with Crippen LogP contribution in [0.25, 0.3) is 40.3 Å². The predicted octanol–water partition coefficient (Wildman–Crippen LogP) is 14.4. The third-order valence-corrected chi connectivity index (χ3v) is 21.0. The lowest BCUT2D eigenvalue weighted by atomic mass is 10.1. The van der Waals surface area contributed by atoms with Gasteiger partial charge in [0.2, 0.25) is 23.6 Å². The molecule has 8 rings (SSSR count). The van der Waals surface area contributed by atoms with Gasteiger partial charge in [-0.3, -0.25) is 19.2 Å². The van der Waals surface area contributed by atoms with Crippen molar-refractivity contribution in [3.63, 3.8) is 0 Å². The number of unbranched alkanes of at least 4 members (excludes halogenated alkanes) is 1. The molecule has 542 valence electrons. The van der Waals surface area contributed by atoms with Crippen LogP contribution < -0.4 is 42.0 Å². The lowest BCUT2D eigenvalue weighted by molar-refractivity contribution is -0.115. The molecule has 0 spiro atoms. The number of carbonyl (C=O) groups is 8. The minimum Gasteiger partial charge on any atom is -0.490 e. The van der Waals surface area contributed by atoms with Crippen LogP contribution in [0.1, 0.15) is 133 Å². The van der Waals surface area contributed by atoms with Gasteiger partial charge in [0.1, 0.15) is 48.9 Å². The van der Waals surface area contributed by atoms with E-state index < -0.39 is 23.9 Å². The highest BCUT2D eigenvalue weighted by Crippen LogP contribution is 2.47. The second-order valence-corrected chi connectivity index (χ2v) is 27.5. The van der Waals surface area contributed by atoms with Crippen LogP contribution >= 0.6 is 96.1 Å². The molecular formula is C69H84BrCl3N8O15S4. The van der Waals surface area contributed by atoms with Gasteiger partial charge < -0.3 is 76.0 Å². The molecule has 0 fully saturated rings. The number of methoxy groups -OCH3 is 1. The molecule has 31 heteroatoms. The zero-order valence-electron chi connectivity index (χ0n) is 57.2. The van der Waals surface area contributed by atoms with E-state index in [4.69, 9.17) is 68.7 Å². The normalized spacial score (nSPS) is 10.8. The monoisotopic (exact) mass is 1580 g/mol. The van der Waals surface area contributed by atoms with Crippen molar-refractivity contribution in [2.45, 2.75) is 94.8 Å². The van der Waals surface area contributed by atoms with E-state index in [0.717, 1.165) is 74.3 Å². The van der Waals surface area contributed by atoms with Crippen molar-refractivity contribution in [2.75, 3.05) is 107 Å². The highest BCUT2D eigenvalue weighted by molar-refractivity contribution is 9.10. The van der Waals surface area contributed by atoms with E-state index in [9.17, 15) is 38.4 Å². The first-order valence-corrected chi connectivity index (χ1v) is 37.1. The number of amides is 4. The summed E-state index contributed by atoms with van der Waals surface area (Å²) in [5, 5.41) is 44.1. The first kappa shape index (κ1) is 83.8. The maximum Gasteiger partial charge on any atom is 0.341 e. The molecule has 100 heavy (non-hydrogen) atoms. The van der Waals surface area contributed by atoms with E-state index in [-0.39, 0.29) is 56.7 Å². The van der Waals surface area contributed by atoms with Crippen LogP contribution in [0.3, 0.4) is 0 Å². The first-order valence-electron chi connectivity index (χ1n) is 31.9. The second kappa shape index (κ2) is 42.5. The van der Waals surface area contributed by atoms with E-state index in [2.05, 4.69) is 78.5 Å². The molecule has 8 aromatic rings. The molecule has 4 aromatic carbocycles. The van der Waals surface area contributed by atoms with Gasteiger partial charge in [0.25, 0.3) is 0 Å². The van der Waals surface area contributed by atoms with Crippen LogP contribution in [0.15, 0.2) is 65.7 Å². The molecule has 0 unspecified atom stereocenters. The Morgan fingerprint density at radius 2 is 0.870 bits per heavy atom. The number of fused-ring (bicyclic) bond motifs is 4. The second-order valence-electron chi connectivity index (χ2n) is 21.4. The molecule has 0 radical (unpaired) electrons. The summed E-state index contributed by atoms with van der Waals surface area (Å²) in [5.41, 5.74) is 4.03. The molecule has 0 saturated heterocycles. The lowest BCUT2D eigenvalue weighted by Gasteiger charge is -2.18. The molecule has 9 N–H and O–H groups in total. The Kier molecular flexibility index (Phi) is 35.6. The summed E-state index contributed by atoms with van der Waals surface area (Å²) in [6.07, 6.45) is 3.41. The summed E-state index contributed by atoms with van der Waals surface area (Å²) in [6.45, 7) is 26.5. The van der Waals surface area contributed by atoms with Crippen LogP contribution in [0.2, 0.25) is 15.1 Å². The summed E-state index contributed by atoms with van der Waals surface area (Å²) in [7, 11) is 1.30. The third kappa shape index (κ3) is 23.1. The number of nitrogens with one attached hydrogen (secondary N) is 7. The van der Waals surface area contributed by atoms with E-state index in [1.807, 2.05) is 42.5 Å². The number of nitrogens with zero attached hydrogens (tertiary/aromatic N) is 1. The fourth-order valence-electron chi connectivity index (χ4n) is 9.69. The first-order chi connectivity index (χ1) is 47.9. The van der Waals surface area contributed by atoms with Crippen molar-refractivity contribution in [1.82, 2.24) is 20.9 Å². The number of ether oxygens (including phenoxy) is 5. The van der Waals surface area contributed by atoms with Gasteiger partial charge in [-0.2, -0.15) is 0 Å². The van der Waals surface area contributed by atoms with E-state index >= 15 is 0 Å². The molecule has 4 amide bonds. The quantitative estimate of drug-likeness (QED) is 0.00844. The van der Waals surface area contributed by atoms with Crippen molar-refractivity contribution < 1.29 is 72.3 Å². The fraction of sp³-hybridized carbons (Fsp3) is 0.391. The number of aliphatic hydroxyl groups excluding tert-OH is 2. The zero-order valence-corrected chi connectivity index (χ0v) is 64.3. The van der Waals surface area contributed by atoms with Gasteiger partial charge in [-0.1, -0.05) is 97.2 Å². The Morgan fingerprint density at radius 3 is 1.22 bits per heavy atom. The topological polar surface area (TPSA) is 311 Å². The number of hydrogen-bond donors (Lipinski definition) is 9. The number of thiophene rings is 4. The number of esters is 4. The standard InChI is InChI=1S/C19H25BrN2O4S.C17H21ClN2O4S.C17H19ClN2O3S.C16H19ClN2O4S/c1-5-22(6-2)10-11-26-16-14(20)9-8-13-15(19(24)25-7-3)18(21-12(4)23)27-17(13)16;1-10(22)20-16-13(17(23)24-2)12-6-5-11(14(18)15(12)25-16)9-19-7-3-4-8-21;1-4-8-19-9-11-6-7-12-13(17(22)23-5-2)16(20-10(3)21)24-15(12)14(11)18;1-3-23-16(22)12-11-5-4-10(8-18-6-7-20)13(17)14(11)24-15(12)19-9(2)21/h8-9H,5-7,10-11H2,1-4H3,(H,21,23);5-6,19,21H,3-4,7-9H2,1-2H3,(H,20,22);4,6-7,19H,1,5,8-9H2,2-3H3,(H,20,21);4-5,18,20H,3,6-8H2,1-2H3,(H,19,21). The summed E-state index contributed by atoms with van der Waals surface area (Å²) < 4.78 is 30.1. The van der Waals surface area contributed by atoms with Crippen LogP contribution in [0.5, 0.6) is 5.75 Å². The van der Waals surface area contributed by atoms with Gasteiger partial charge in [0.05, 0.1) is 71.9 Å². The largest absolute Gasteiger partial charge is 0.490 e. The van der Waals surface area contributed by atoms with Crippen LogP contribution in [0, 0.1) is 0 Å². The lowest BCUT2D eigenvalue weighted by Crippen LogP contribution is -2.27. The number of hydrogen-bond acceptors (Lipinski definition) is 23. The van der Waals surface area contributed by atoms with Crippen molar-refractivity contribution in [3.05, 3.63) is 120 Å². The van der Waals surface area contributed by atoms with Crippen LogP contribution in [-0.4, -0.2) is 149 Å². The maximum absolute atomic E-state index is 12.5. The third-order valence-electron chi connectivity index (χ3n) is 14.2. The number of carbonyl (C=O) groups excluding carboxylic acids is 8. The molecule has 23 nitrogen and oxygen atoms in total. The van der Waals surface area contributed by atoms with Crippen LogP contribution in [0.4, 0.5) is 20.0 Å². The molecule has 0 saturated carbocycles. The van der Waals surface area contributed by atoms with Gasteiger partial charge >= 0.3 is 23.9 Å². The molecule has 4 aromatic heterocycles. The summed E-state index contributed by atoms with van der Waals surface area (Å²) in [6, 6.07) is 14.7. The van der Waals surface area contributed by atoms with Crippen molar-refractivity contribution in [2.24, 2.45) is 0 Å². The Morgan fingerprint density at radius 1 is 0.510 bits per heavy atom. The fourth-order valence-corrected chi connectivity index (χ4v) is 16.1. The van der Waals surface area contributed by atoms with Gasteiger partial charge in [0, 0.05) is 95.1 Å². The summed E-state index contributed by atoms with van der Waals surface area (Å²) in [5.74, 6) is -2.29. The predicted molar refractivity (Wildman–Crippen MR) is 408 cm³/mol. The van der Waals surface area contributed by atoms with Gasteiger partial charge in [-0.15, -0.1) is 51.9 Å². The smallest absolute Gasteiger partial charge is 0.341 e. The molecule has 0 atom stereocenters. The Bertz CT molecular complexity index is 4190. The van der Waals surface area contributed by atoms with Crippen LogP contribution in [-0.2, 0) is 57.8 Å². The summed E-state index contributed by atoms with van der Waals surface area (Å²) >= 11 is 28.1. The molecule has 4 heterocycles. The van der Waals surface area contributed by atoms with E-state index in [1.54, 1.807) is 32.9 Å².